The highest BCUT2D eigenvalue weighted by Crippen LogP contribution is 2.43. The van der Waals surface area contributed by atoms with E-state index in [1.807, 2.05) is 0 Å². The molecule has 0 bridgehead atoms. The highest BCUT2D eigenvalue weighted by Gasteiger charge is 2.30. The van der Waals surface area contributed by atoms with Gasteiger partial charge in [-0.15, -0.1) is 6.58 Å². The van der Waals surface area contributed by atoms with E-state index in [4.69, 9.17) is 0 Å². The molecule has 1 unspecified atom stereocenters. The lowest BCUT2D eigenvalue weighted by molar-refractivity contribution is 0.411. The van der Waals surface area contributed by atoms with E-state index in [-0.39, 0.29) is 5.41 Å². The third-order valence-electron chi connectivity index (χ3n) is 3.62. The molecule has 0 heteroatoms. The van der Waals surface area contributed by atoms with Gasteiger partial charge in [0.1, 0.15) is 0 Å². The van der Waals surface area contributed by atoms with Crippen molar-refractivity contribution < 1.29 is 0 Å². The monoisotopic (exact) mass is 204 g/mol. The molecule has 1 aliphatic rings. The smallest absolute Gasteiger partial charge is 0.00687 e. The Hall–Kier alpha value is -0.780. The molecular weight excluding hydrogens is 180 g/mol. The fourth-order valence-electron chi connectivity index (χ4n) is 2.40. The van der Waals surface area contributed by atoms with Crippen LogP contribution >= 0.6 is 0 Å². The summed E-state index contributed by atoms with van der Waals surface area (Å²) in [5.74, 6) is 0.614. The quantitative estimate of drug-likeness (QED) is 0.562. The fourth-order valence-corrected chi connectivity index (χ4v) is 2.40. The maximum absolute atomic E-state index is 4.00. The lowest BCUT2D eigenvalue weighted by atomic mass is 9.69. The van der Waals surface area contributed by atoms with Crippen molar-refractivity contribution in [3.05, 3.63) is 35.5 Å². The second kappa shape index (κ2) is 4.38. The van der Waals surface area contributed by atoms with Crippen LogP contribution in [0.3, 0.4) is 0 Å². The first-order chi connectivity index (χ1) is 6.90. The Labute approximate surface area is 94.8 Å². The van der Waals surface area contributed by atoms with E-state index >= 15 is 0 Å². The molecule has 0 radical (unpaired) electrons. The highest BCUT2D eigenvalue weighted by molar-refractivity contribution is 5.37. The molecule has 0 heterocycles. The summed E-state index contributed by atoms with van der Waals surface area (Å²) in [6.07, 6.45) is 6.94. The molecule has 0 saturated heterocycles. The summed E-state index contributed by atoms with van der Waals surface area (Å²) in [4.78, 5) is 0. The normalized spacial score (nSPS) is 26.5. The van der Waals surface area contributed by atoms with Gasteiger partial charge < -0.3 is 0 Å². The minimum absolute atomic E-state index is 0.215. The summed E-state index contributed by atoms with van der Waals surface area (Å²) < 4.78 is 0. The molecule has 0 N–H and O–H groups in total. The van der Waals surface area contributed by atoms with Crippen molar-refractivity contribution in [2.75, 3.05) is 0 Å². The largest absolute Gasteiger partial charge is 0.102 e. The van der Waals surface area contributed by atoms with Crippen LogP contribution in [0.2, 0.25) is 0 Å². The van der Waals surface area contributed by atoms with Crippen LogP contribution in [0.25, 0.3) is 0 Å². The van der Waals surface area contributed by atoms with Crippen molar-refractivity contribution in [3.63, 3.8) is 0 Å². The molecule has 0 spiro atoms. The predicted octanol–water partition coefficient (Wildman–Crippen LogP) is 4.89. The van der Waals surface area contributed by atoms with E-state index in [1.165, 1.54) is 24.0 Å². The SMILES string of the molecule is C=CC1(C)CCC(=C(C)C)C=C1C(C)C. The highest BCUT2D eigenvalue weighted by atomic mass is 14.3. The van der Waals surface area contributed by atoms with E-state index in [0.29, 0.717) is 5.92 Å². The van der Waals surface area contributed by atoms with Crippen LogP contribution in [-0.2, 0) is 0 Å². The van der Waals surface area contributed by atoms with Gasteiger partial charge in [0.25, 0.3) is 0 Å². The fraction of sp³-hybridized carbons (Fsp3) is 0.600. The molecule has 0 nitrogen and oxygen atoms in total. The molecule has 15 heavy (non-hydrogen) atoms. The Morgan fingerprint density at radius 1 is 1.47 bits per heavy atom. The van der Waals surface area contributed by atoms with Crippen molar-refractivity contribution in [1.82, 2.24) is 0 Å². The molecule has 0 aliphatic heterocycles. The van der Waals surface area contributed by atoms with Crippen LogP contribution in [0.1, 0.15) is 47.5 Å². The van der Waals surface area contributed by atoms with Crippen molar-refractivity contribution in [1.29, 1.82) is 0 Å². The maximum Gasteiger partial charge on any atom is 0.00687 e. The third kappa shape index (κ3) is 2.42. The molecule has 0 saturated carbocycles. The first-order valence-electron chi connectivity index (χ1n) is 5.92. The van der Waals surface area contributed by atoms with E-state index in [2.05, 4.69) is 53.3 Å². The van der Waals surface area contributed by atoms with Gasteiger partial charge in [0.2, 0.25) is 0 Å². The molecule has 84 valence electrons. The molecule has 1 atom stereocenters. The average Bonchev–Trinajstić information content (AvgIpc) is 2.17. The molecule has 0 aromatic rings. The van der Waals surface area contributed by atoms with Gasteiger partial charge in [-0.1, -0.05) is 44.1 Å². The topological polar surface area (TPSA) is 0 Å². The molecule has 1 aliphatic carbocycles. The van der Waals surface area contributed by atoms with Gasteiger partial charge in [0.05, 0.1) is 0 Å². The zero-order valence-corrected chi connectivity index (χ0v) is 10.9. The summed E-state index contributed by atoms with van der Waals surface area (Å²) in [6, 6.07) is 0. The third-order valence-corrected chi connectivity index (χ3v) is 3.62. The van der Waals surface area contributed by atoms with E-state index in [1.54, 1.807) is 5.57 Å². The van der Waals surface area contributed by atoms with Gasteiger partial charge in [0.15, 0.2) is 0 Å². The number of allylic oxidation sites excluding steroid dienone is 5. The minimum atomic E-state index is 0.215. The Morgan fingerprint density at radius 3 is 2.47 bits per heavy atom. The Kier molecular flexibility index (Phi) is 3.59. The van der Waals surface area contributed by atoms with E-state index < -0.39 is 0 Å². The average molecular weight is 204 g/mol. The number of rotatable bonds is 2. The van der Waals surface area contributed by atoms with Gasteiger partial charge >= 0.3 is 0 Å². The summed E-state index contributed by atoms with van der Waals surface area (Å²) in [5.41, 5.74) is 4.74. The minimum Gasteiger partial charge on any atom is -0.102 e. The zero-order valence-electron chi connectivity index (χ0n) is 10.9. The van der Waals surface area contributed by atoms with Crippen molar-refractivity contribution >= 4 is 0 Å². The van der Waals surface area contributed by atoms with Crippen molar-refractivity contribution in [2.45, 2.75) is 47.5 Å². The molecule has 1 rings (SSSR count). The number of hydrogen-bond acceptors (Lipinski definition) is 0. The molecule has 0 aromatic heterocycles. The van der Waals surface area contributed by atoms with E-state index in [9.17, 15) is 0 Å². The van der Waals surface area contributed by atoms with Crippen molar-refractivity contribution in [2.24, 2.45) is 11.3 Å². The van der Waals surface area contributed by atoms with E-state index in [0.717, 1.165) is 0 Å². The predicted molar refractivity (Wildman–Crippen MR) is 68.8 cm³/mol. The summed E-state index contributed by atoms with van der Waals surface area (Å²) in [6.45, 7) is 15.3. The summed E-state index contributed by atoms with van der Waals surface area (Å²) >= 11 is 0. The van der Waals surface area contributed by atoms with Crippen LogP contribution in [0, 0.1) is 11.3 Å². The van der Waals surface area contributed by atoms with Gasteiger partial charge in [-0.25, -0.2) is 0 Å². The summed E-state index contributed by atoms with van der Waals surface area (Å²) in [7, 11) is 0. The van der Waals surface area contributed by atoms with Crippen LogP contribution in [0.5, 0.6) is 0 Å². The molecular formula is C15H24. The zero-order chi connectivity index (χ0) is 11.6. The van der Waals surface area contributed by atoms with Gasteiger partial charge in [-0.2, -0.15) is 0 Å². The standard InChI is InChI=1S/C15H24/c1-7-15(6)9-8-13(11(2)3)10-14(15)12(4)5/h7,10,12H,1,8-9H2,2-6H3. The molecule has 0 amide bonds. The van der Waals surface area contributed by atoms with Gasteiger partial charge in [0, 0.05) is 5.41 Å². The Morgan fingerprint density at radius 2 is 2.07 bits per heavy atom. The maximum atomic E-state index is 4.00. The van der Waals surface area contributed by atoms with Crippen molar-refractivity contribution in [3.8, 4) is 0 Å². The summed E-state index contributed by atoms with van der Waals surface area (Å²) in [5, 5.41) is 0. The van der Waals surface area contributed by atoms with Gasteiger partial charge in [-0.05, 0) is 38.2 Å². The van der Waals surface area contributed by atoms with Gasteiger partial charge in [-0.3, -0.25) is 0 Å². The van der Waals surface area contributed by atoms with Crippen LogP contribution in [-0.4, -0.2) is 0 Å². The Bertz CT molecular complexity index is 311. The first-order valence-corrected chi connectivity index (χ1v) is 5.92. The van der Waals surface area contributed by atoms with Crippen LogP contribution < -0.4 is 0 Å². The molecule has 0 aromatic carbocycles. The molecule has 0 fully saturated rings. The Balaban J connectivity index is 3.19. The second-order valence-electron chi connectivity index (χ2n) is 5.40. The number of hydrogen-bond donors (Lipinski definition) is 0. The first kappa shape index (κ1) is 12.3. The second-order valence-corrected chi connectivity index (χ2v) is 5.40. The van der Waals surface area contributed by atoms with Crippen LogP contribution in [0.15, 0.2) is 35.5 Å². The van der Waals surface area contributed by atoms with Crippen LogP contribution in [0.4, 0.5) is 0 Å². The lowest BCUT2D eigenvalue weighted by Crippen LogP contribution is -2.23. The lowest BCUT2D eigenvalue weighted by Gasteiger charge is -2.36.